The highest BCUT2D eigenvalue weighted by Crippen LogP contribution is 2.36. The molecule has 0 saturated carbocycles. The predicted molar refractivity (Wildman–Crippen MR) is 125 cm³/mol. The van der Waals surface area contributed by atoms with Crippen LogP contribution in [0.25, 0.3) is 22.0 Å². The Morgan fingerprint density at radius 2 is 1.81 bits per heavy atom. The van der Waals surface area contributed by atoms with Crippen molar-refractivity contribution in [3.05, 3.63) is 65.4 Å². The Morgan fingerprint density at radius 1 is 1.06 bits per heavy atom. The van der Waals surface area contributed by atoms with Gasteiger partial charge in [0.05, 0.1) is 5.69 Å². The van der Waals surface area contributed by atoms with Gasteiger partial charge in [-0.25, -0.2) is 24.9 Å². The summed E-state index contributed by atoms with van der Waals surface area (Å²) in [6, 6.07) is 9.44. The zero-order valence-electron chi connectivity index (χ0n) is 18.7. The standard InChI is InChI=1S/C23H18F3N7O2S/c1-33-10-7-22(35,19(33)34)14-4-2-3-13(11-14)18-29-16(12-36-18)15-5-8-27-20(30-15)32-21-28-9-6-17(31-21)23(24,25)26/h2-6,8-9,11-12,35H,7,10H2,1H3,(H,27,28,30,31,32)/t22-/m1/s1. The van der Waals surface area contributed by atoms with Gasteiger partial charge in [-0.05, 0) is 23.8 Å². The van der Waals surface area contributed by atoms with Crippen molar-refractivity contribution in [2.45, 2.75) is 18.2 Å². The number of halogens is 3. The van der Waals surface area contributed by atoms with Crippen molar-refractivity contribution >= 4 is 29.1 Å². The molecule has 4 heterocycles. The van der Waals surface area contributed by atoms with Gasteiger partial charge in [0.2, 0.25) is 11.9 Å². The van der Waals surface area contributed by atoms with E-state index in [0.717, 1.165) is 17.8 Å². The van der Waals surface area contributed by atoms with Gasteiger partial charge >= 0.3 is 6.18 Å². The first kappa shape index (κ1) is 23.8. The van der Waals surface area contributed by atoms with Crippen LogP contribution in [0.4, 0.5) is 25.1 Å². The molecule has 0 spiro atoms. The van der Waals surface area contributed by atoms with Crippen LogP contribution in [-0.4, -0.2) is 54.4 Å². The van der Waals surface area contributed by atoms with E-state index in [9.17, 15) is 23.1 Å². The molecular weight excluding hydrogens is 495 g/mol. The molecule has 0 radical (unpaired) electrons. The summed E-state index contributed by atoms with van der Waals surface area (Å²) in [4.78, 5) is 34.2. The van der Waals surface area contributed by atoms with Gasteiger partial charge in [0, 0.05) is 43.4 Å². The van der Waals surface area contributed by atoms with Crippen LogP contribution in [0, 0.1) is 0 Å². The largest absolute Gasteiger partial charge is 0.433 e. The van der Waals surface area contributed by atoms with Crippen molar-refractivity contribution in [2.24, 2.45) is 0 Å². The molecule has 1 amide bonds. The number of likely N-dealkylation sites (N-methyl/N-ethyl adjacent to an activating group) is 1. The SMILES string of the molecule is CN1CC[C@@](O)(c2cccc(-c3nc(-c4ccnc(Nc5nccc(C(F)(F)F)n5)n4)cs3)c2)C1=O. The second-order valence-corrected chi connectivity index (χ2v) is 8.97. The predicted octanol–water partition coefficient (Wildman–Crippen LogP) is 3.87. The molecular formula is C23H18F3N7O2S. The van der Waals surface area contributed by atoms with Crippen molar-refractivity contribution in [3.8, 4) is 22.0 Å². The third-order valence-electron chi connectivity index (χ3n) is 5.69. The van der Waals surface area contributed by atoms with Crippen molar-refractivity contribution in [2.75, 3.05) is 18.9 Å². The van der Waals surface area contributed by atoms with E-state index in [1.807, 2.05) is 6.07 Å². The van der Waals surface area contributed by atoms with Crippen molar-refractivity contribution in [1.82, 2.24) is 29.8 Å². The van der Waals surface area contributed by atoms with E-state index in [1.54, 1.807) is 36.7 Å². The highest BCUT2D eigenvalue weighted by atomic mass is 32.1. The Hall–Kier alpha value is -3.97. The van der Waals surface area contributed by atoms with E-state index in [1.165, 1.54) is 22.4 Å². The van der Waals surface area contributed by atoms with Crippen LogP contribution in [0.15, 0.2) is 54.2 Å². The van der Waals surface area contributed by atoms with E-state index >= 15 is 0 Å². The van der Waals surface area contributed by atoms with Crippen LogP contribution in [0.2, 0.25) is 0 Å². The van der Waals surface area contributed by atoms with Crippen LogP contribution in [0.3, 0.4) is 0 Å². The zero-order chi connectivity index (χ0) is 25.5. The average Bonchev–Trinajstić information content (AvgIpc) is 3.46. The Balaban J connectivity index is 1.39. The lowest BCUT2D eigenvalue weighted by Gasteiger charge is -2.21. The number of amides is 1. The van der Waals surface area contributed by atoms with Gasteiger partial charge in [0.15, 0.2) is 5.60 Å². The van der Waals surface area contributed by atoms with E-state index in [2.05, 4.69) is 30.2 Å². The maximum Gasteiger partial charge on any atom is 0.433 e. The van der Waals surface area contributed by atoms with E-state index in [-0.39, 0.29) is 17.8 Å². The number of carbonyl (C=O) groups is 1. The Bertz CT molecular complexity index is 1440. The smallest absolute Gasteiger partial charge is 0.375 e. The molecule has 0 bridgehead atoms. The number of anilines is 2. The number of nitrogens with zero attached hydrogens (tertiary/aromatic N) is 6. The quantitative estimate of drug-likeness (QED) is 0.413. The summed E-state index contributed by atoms with van der Waals surface area (Å²) >= 11 is 1.34. The number of alkyl halides is 3. The number of likely N-dealkylation sites (tertiary alicyclic amines) is 1. The number of hydrogen-bond donors (Lipinski definition) is 2. The minimum absolute atomic E-state index is 0.00876. The van der Waals surface area contributed by atoms with Gasteiger partial charge in [-0.15, -0.1) is 11.3 Å². The second kappa shape index (κ2) is 8.91. The van der Waals surface area contributed by atoms with Gasteiger partial charge in [-0.3, -0.25) is 10.1 Å². The Morgan fingerprint density at radius 3 is 2.53 bits per heavy atom. The molecule has 1 atom stereocenters. The first-order valence-electron chi connectivity index (χ1n) is 10.7. The fourth-order valence-corrected chi connectivity index (χ4v) is 4.60. The van der Waals surface area contributed by atoms with Gasteiger partial charge < -0.3 is 10.0 Å². The minimum atomic E-state index is -4.60. The molecule has 5 rings (SSSR count). The molecule has 184 valence electrons. The first-order chi connectivity index (χ1) is 17.1. The maximum absolute atomic E-state index is 12.9. The van der Waals surface area contributed by atoms with Gasteiger partial charge in [0.25, 0.3) is 5.91 Å². The molecule has 3 aromatic heterocycles. The van der Waals surface area contributed by atoms with E-state index in [4.69, 9.17) is 0 Å². The normalized spacial score (nSPS) is 18.0. The van der Waals surface area contributed by atoms with Crippen LogP contribution in [-0.2, 0) is 16.6 Å². The van der Waals surface area contributed by atoms with Crippen molar-refractivity contribution in [3.63, 3.8) is 0 Å². The number of nitrogens with one attached hydrogen (secondary N) is 1. The molecule has 1 aliphatic heterocycles. The molecule has 36 heavy (non-hydrogen) atoms. The third kappa shape index (κ3) is 4.50. The molecule has 1 aliphatic rings. The summed E-state index contributed by atoms with van der Waals surface area (Å²) < 4.78 is 38.7. The average molecular weight is 514 g/mol. The summed E-state index contributed by atoms with van der Waals surface area (Å²) in [5.74, 6) is -0.623. The molecule has 13 heteroatoms. The highest BCUT2D eigenvalue weighted by Gasteiger charge is 2.45. The number of aromatic nitrogens is 5. The fourth-order valence-electron chi connectivity index (χ4n) is 3.79. The fraction of sp³-hybridized carbons (Fsp3) is 0.217. The molecule has 1 saturated heterocycles. The van der Waals surface area contributed by atoms with E-state index in [0.29, 0.717) is 34.9 Å². The molecule has 0 aliphatic carbocycles. The molecule has 2 N–H and O–H groups in total. The highest BCUT2D eigenvalue weighted by molar-refractivity contribution is 7.13. The van der Waals surface area contributed by atoms with Gasteiger partial charge in [0.1, 0.15) is 16.4 Å². The maximum atomic E-state index is 12.9. The second-order valence-electron chi connectivity index (χ2n) is 8.11. The van der Waals surface area contributed by atoms with Gasteiger partial charge in [-0.2, -0.15) is 13.2 Å². The van der Waals surface area contributed by atoms with Gasteiger partial charge in [-0.1, -0.05) is 18.2 Å². The summed E-state index contributed by atoms with van der Waals surface area (Å²) in [7, 11) is 1.65. The molecule has 9 nitrogen and oxygen atoms in total. The lowest BCUT2D eigenvalue weighted by atomic mass is 9.91. The Labute approximate surface area is 206 Å². The third-order valence-corrected chi connectivity index (χ3v) is 6.58. The number of thiazole rings is 1. The van der Waals surface area contributed by atoms with Crippen LogP contribution in [0.5, 0.6) is 0 Å². The number of carbonyl (C=O) groups excluding carboxylic acids is 1. The zero-order valence-corrected chi connectivity index (χ0v) is 19.5. The molecule has 1 fully saturated rings. The number of hydrogen-bond acceptors (Lipinski definition) is 9. The monoisotopic (exact) mass is 513 g/mol. The summed E-state index contributed by atoms with van der Waals surface area (Å²) in [6.07, 6.45) is -1.86. The first-order valence-corrected chi connectivity index (χ1v) is 11.6. The number of aliphatic hydroxyl groups is 1. The van der Waals surface area contributed by atoms with Crippen LogP contribution >= 0.6 is 11.3 Å². The molecule has 4 aromatic rings. The molecule has 1 aromatic carbocycles. The van der Waals surface area contributed by atoms with Crippen molar-refractivity contribution in [1.29, 1.82) is 0 Å². The number of benzene rings is 1. The summed E-state index contributed by atoms with van der Waals surface area (Å²) in [5.41, 5.74) is -0.470. The summed E-state index contributed by atoms with van der Waals surface area (Å²) in [5, 5.41) is 16.0. The Kier molecular flexibility index (Phi) is 5.88. The van der Waals surface area contributed by atoms with Crippen molar-refractivity contribution < 1.29 is 23.1 Å². The lowest BCUT2D eigenvalue weighted by molar-refractivity contribution is -0.143. The van der Waals surface area contributed by atoms with Crippen LogP contribution < -0.4 is 5.32 Å². The topological polar surface area (TPSA) is 117 Å². The van der Waals surface area contributed by atoms with E-state index < -0.39 is 17.5 Å². The molecule has 0 unspecified atom stereocenters. The number of rotatable bonds is 5. The lowest BCUT2D eigenvalue weighted by Crippen LogP contribution is -2.36. The minimum Gasteiger partial charge on any atom is -0.375 e. The van der Waals surface area contributed by atoms with Crippen LogP contribution in [0.1, 0.15) is 17.7 Å². The summed E-state index contributed by atoms with van der Waals surface area (Å²) in [6.45, 7) is 0.469.